The number of carbonyl (C=O) groups is 1. The van der Waals surface area contributed by atoms with Crippen molar-refractivity contribution in [1.29, 1.82) is 0 Å². The summed E-state index contributed by atoms with van der Waals surface area (Å²) in [6.07, 6.45) is 1.70. The number of hydrogen-bond donors (Lipinski definition) is 2. The van der Waals surface area contributed by atoms with Crippen molar-refractivity contribution < 1.29 is 4.79 Å². The fourth-order valence-corrected chi connectivity index (χ4v) is 2.69. The van der Waals surface area contributed by atoms with Crippen LogP contribution in [0.1, 0.15) is 15.9 Å². The first-order valence-corrected chi connectivity index (χ1v) is 8.39. The highest BCUT2D eigenvalue weighted by atomic mass is 16.1. The van der Waals surface area contributed by atoms with Crippen LogP contribution in [0.4, 0.5) is 11.5 Å². The van der Waals surface area contributed by atoms with Gasteiger partial charge in [-0.15, -0.1) is 0 Å². The van der Waals surface area contributed by atoms with Gasteiger partial charge in [0.05, 0.1) is 5.69 Å². The number of nitrogens with one attached hydrogen (secondary N) is 1. The molecule has 0 aliphatic rings. The predicted octanol–water partition coefficient (Wildman–Crippen LogP) is 3.64. The number of aromatic nitrogens is 1. The van der Waals surface area contributed by atoms with Crippen LogP contribution >= 0.6 is 0 Å². The van der Waals surface area contributed by atoms with Crippen LogP contribution in [-0.4, -0.2) is 29.9 Å². The molecule has 3 rings (SSSR count). The zero-order valence-electron chi connectivity index (χ0n) is 14.9. The standard InChI is InChI=1S/C21H22N4O/c1-25(2)14-15-8-10-17(11-9-15)21(26)24-19-12-18(13-23-20(19)22)16-6-4-3-5-7-16/h3-13H,14H2,1-2H3,(H2,22,23)(H,24,26). The van der Waals surface area contributed by atoms with Crippen molar-refractivity contribution in [2.45, 2.75) is 6.54 Å². The van der Waals surface area contributed by atoms with Crippen molar-refractivity contribution in [2.75, 3.05) is 25.1 Å². The van der Waals surface area contributed by atoms with Crippen molar-refractivity contribution in [3.8, 4) is 11.1 Å². The highest BCUT2D eigenvalue weighted by Crippen LogP contribution is 2.25. The highest BCUT2D eigenvalue weighted by molar-refractivity contribution is 6.05. The van der Waals surface area contributed by atoms with Gasteiger partial charge in [0.25, 0.3) is 5.91 Å². The van der Waals surface area contributed by atoms with Crippen LogP contribution in [0.15, 0.2) is 66.9 Å². The van der Waals surface area contributed by atoms with Crippen LogP contribution in [0.25, 0.3) is 11.1 Å². The lowest BCUT2D eigenvalue weighted by Crippen LogP contribution is -2.14. The number of hydrogen-bond acceptors (Lipinski definition) is 4. The minimum Gasteiger partial charge on any atom is -0.382 e. The topological polar surface area (TPSA) is 71.2 Å². The molecule has 0 aliphatic carbocycles. The molecule has 5 heteroatoms. The molecule has 0 aliphatic heterocycles. The Morgan fingerprint density at radius 1 is 1.04 bits per heavy atom. The number of nitrogen functional groups attached to an aromatic ring is 1. The number of benzene rings is 2. The normalized spacial score (nSPS) is 10.7. The van der Waals surface area contributed by atoms with Crippen molar-refractivity contribution in [3.05, 3.63) is 78.0 Å². The van der Waals surface area contributed by atoms with E-state index in [2.05, 4.69) is 15.2 Å². The highest BCUT2D eigenvalue weighted by Gasteiger charge is 2.10. The predicted molar refractivity (Wildman–Crippen MR) is 106 cm³/mol. The van der Waals surface area contributed by atoms with Crippen LogP contribution in [0.2, 0.25) is 0 Å². The van der Waals surface area contributed by atoms with Gasteiger partial charge in [-0.05, 0) is 43.4 Å². The monoisotopic (exact) mass is 346 g/mol. The second kappa shape index (κ2) is 7.80. The van der Waals surface area contributed by atoms with Gasteiger partial charge in [0.2, 0.25) is 0 Å². The van der Waals surface area contributed by atoms with Gasteiger partial charge in [-0.2, -0.15) is 0 Å². The molecule has 132 valence electrons. The fourth-order valence-electron chi connectivity index (χ4n) is 2.69. The molecule has 0 fully saturated rings. The average Bonchev–Trinajstić information content (AvgIpc) is 2.64. The van der Waals surface area contributed by atoms with Gasteiger partial charge >= 0.3 is 0 Å². The molecule has 2 aromatic carbocycles. The number of nitrogens with two attached hydrogens (primary N) is 1. The molecular formula is C21H22N4O. The Hall–Kier alpha value is -3.18. The van der Waals surface area contributed by atoms with Crippen LogP contribution in [0.3, 0.4) is 0 Å². The minimum atomic E-state index is -0.208. The maximum absolute atomic E-state index is 12.5. The van der Waals surface area contributed by atoms with Gasteiger partial charge in [-0.3, -0.25) is 4.79 Å². The van der Waals surface area contributed by atoms with Crippen LogP contribution in [-0.2, 0) is 6.54 Å². The van der Waals surface area contributed by atoms with E-state index in [1.54, 1.807) is 6.20 Å². The van der Waals surface area contributed by atoms with Gasteiger partial charge in [0.1, 0.15) is 5.82 Å². The summed E-state index contributed by atoms with van der Waals surface area (Å²) >= 11 is 0. The lowest BCUT2D eigenvalue weighted by molar-refractivity contribution is 0.102. The Kier molecular flexibility index (Phi) is 5.29. The van der Waals surface area contributed by atoms with Crippen LogP contribution in [0, 0.1) is 0 Å². The second-order valence-corrected chi connectivity index (χ2v) is 6.41. The Labute approximate surface area is 153 Å². The molecule has 3 aromatic rings. The van der Waals surface area contributed by atoms with Crippen molar-refractivity contribution in [1.82, 2.24) is 9.88 Å². The Morgan fingerprint density at radius 3 is 2.38 bits per heavy atom. The first-order chi connectivity index (χ1) is 12.5. The molecule has 3 N–H and O–H groups in total. The molecule has 0 bridgehead atoms. The fraction of sp³-hybridized carbons (Fsp3) is 0.143. The third-order valence-corrected chi connectivity index (χ3v) is 3.99. The molecule has 1 heterocycles. The van der Waals surface area contributed by atoms with Gasteiger partial charge in [-0.1, -0.05) is 42.5 Å². The van der Waals surface area contributed by atoms with Crippen LogP contribution in [0.5, 0.6) is 0 Å². The maximum atomic E-state index is 12.5. The van der Waals surface area contributed by atoms with Crippen LogP contribution < -0.4 is 11.1 Å². The number of nitrogens with zero attached hydrogens (tertiary/aromatic N) is 2. The zero-order chi connectivity index (χ0) is 18.5. The Morgan fingerprint density at radius 2 is 1.73 bits per heavy atom. The summed E-state index contributed by atoms with van der Waals surface area (Å²) in [5.41, 5.74) is 10.1. The number of pyridine rings is 1. The molecule has 0 radical (unpaired) electrons. The molecule has 1 amide bonds. The number of anilines is 2. The van der Waals surface area contributed by atoms with E-state index in [0.29, 0.717) is 17.1 Å². The van der Waals surface area contributed by atoms with E-state index in [4.69, 9.17) is 5.73 Å². The third kappa shape index (κ3) is 4.26. The van der Waals surface area contributed by atoms with E-state index in [1.165, 1.54) is 0 Å². The van der Waals surface area contributed by atoms with E-state index in [9.17, 15) is 4.79 Å². The van der Waals surface area contributed by atoms with E-state index < -0.39 is 0 Å². The van der Waals surface area contributed by atoms with Gasteiger partial charge < -0.3 is 16.0 Å². The average molecular weight is 346 g/mol. The molecule has 0 saturated heterocycles. The van der Waals surface area contributed by atoms with Gasteiger partial charge in [0.15, 0.2) is 0 Å². The van der Waals surface area contributed by atoms with Crippen molar-refractivity contribution in [2.24, 2.45) is 0 Å². The molecule has 1 aromatic heterocycles. The Bertz CT molecular complexity index is 890. The third-order valence-electron chi connectivity index (χ3n) is 3.99. The molecule has 0 atom stereocenters. The summed E-state index contributed by atoms with van der Waals surface area (Å²) in [4.78, 5) is 18.8. The number of amides is 1. The van der Waals surface area contributed by atoms with Crippen molar-refractivity contribution >= 4 is 17.4 Å². The van der Waals surface area contributed by atoms with Gasteiger partial charge in [0, 0.05) is 23.9 Å². The van der Waals surface area contributed by atoms with Gasteiger partial charge in [-0.25, -0.2) is 4.98 Å². The number of carbonyl (C=O) groups excluding carboxylic acids is 1. The number of rotatable bonds is 5. The zero-order valence-corrected chi connectivity index (χ0v) is 14.9. The van der Waals surface area contributed by atoms with E-state index in [-0.39, 0.29) is 5.91 Å². The summed E-state index contributed by atoms with van der Waals surface area (Å²) in [6, 6.07) is 19.2. The molecule has 0 unspecified atom stereocenters. The quantitative estimate of drug-likeness (QED) is 0.740. The molecule has 5 nitrogen and oxygen atoms in total. The minimum absolute atomic E-state index is 0.208. The Balaban J connectivity index is 1.78. The molecule has 0 spiro atoms. The van der Waals surface area contributed by atoms with Crippen molar-refractivity contribution in [3.63, 3.8) is 0 Å². The largest absolute Gasteiger partial charge is 0.382 e. The summed E-state index contributed by atoms with van der Waals surface area (Å²) in [5, 5.41) is 2.86. The molecular weight excluding hydrogens is 324 g/mol. The lowest BCUT2D eigenvalue weighted by Gasteiger charge is -2.11. The smallest absolute Gasteiger partial charge is 0.255 e. The second-order valence-electron chi connectivity index (χ2n) is 6.41. The summed E-state index contributed by atoms with van der Waals surface area (Å²) in [6.45, 7) is 0.831. The first-order valence-electron chi connectivity index (χ1n) is 8.39. The molecule has 26 heavy (non-hydrogen) atoms. The summed E-state index contributed by atoms with van der Waals surface area (Å²) in [5.74, 6) is 0.0855. The molecule has 0 saturated carbocycles. The van der Waals surface area contributed by atoms with E-state index in [0.717, 1.165) is 23.2 Å². The maximum Gasteiger partial charge on any atom is 0.255 e. The summed E-state index contributed by atoms with van der Waals surface area (Å²) in [7, 11) is 4.02. The summed E-state index contributed by atoms with van der Waals surface area (Å²) < 4.78 is 0. The lowest BCUT2D eigenvalue weighted by atomic mass is 10.1. The SMILES string of the molecule is CN(C)Cc1ccc(C(=O)Nc2cc(-c3ccccc3)cnc2N)cc1. The van der Waals surface area contributed by atoms with E-state index in [1.807, 2.05) is 74.8 Å². The first kappa shape index (κ1) is 17.6. The van der Waals surface area contributed by atoms with E-state index >= 15 is 0 Å².